The summed E-state index contributed by atoms with van der Waals surface area (Å²) < 4.78 is 23.4. The molecular formula is C21H33ClIN3O3S. The van der Waals surface area contributed by atoms with Gasteiger partial charge in [0.1, 0.15) is 13.2 Å². The van der Waals surface area contributed by atoms with Crippen molar-refractivity contribution in [2.45, 2.75) is 57.2 Å². The van der Waals surface area contributed by atoms with Crippen LogP contribution < -0.4 is 20.1 Å². The fourth-order valence-corrected chi connectivity index (χ4v) is 5.51. The Morgan fingerprint density at radius 1 is 1.27 bits per heavy atom. The van der Waals surface area contributed by atoms with E-state index in [0.29, 0.717) is 47.6 Å². The number of benzene rings is 1. The number of ether oxygens (including phenoxy) is 2. The Morgan fingerprint density at radius 3 is 2.83 bits per heavy atom. The normalized spacial score (nSPS) is 22.0. The summed E-state index contributed by atoms with van der Waals surface area (Å²) in [7, 11) is -0.721. The first-order chi connectivity index (χ1) is 14.1. The zero-order chi connectivity index (χ0) is 20.6. The van der Waals surface area contributed by atoms with Gasteiger partial charge in [-0.05, 0) is 50.3 Å². The van der Waals surface area contributed by atoms with E-state index >= 15 is 0 Å². The molecule has 1 fully saturated rings. The van der Waals surface area contributed by atoms with Crippen molar-refractivity contribution in [3.8, 4) is 11.5 Å². The predicted octanol–water partition coefficient (Wildman–Crippen LogP) is 3.91. The van der Waals surface area contributed by atoms with Gasteiger partial charge in [0.2, 0.25) is 0 Å². The molecule has 1 aliphatic carbocycles. The van der Waals surface area contributed by atoms with E-state index in [1.807, 2.05) is 19.1 Å². The number of hydrogen-bond acceptors (Lipinski definition) is 4. The highest BCUT2D eigenvalue weighted by molar-refractivity contribution is 14.0. The summed E-state index contributed by atoms with van der Waals surface area (Å²) >= 11 is 6.33. The Balaban J connectivity index is 0.00000320. The third kappa shape index (κ3) is 7.15. The second-order valence-corrected chi connectivity index (χ2v) is 9.82. The highest BCUT2D eigenvalue weighted by atomic mass is 127. The Labute approximate surface area is 204 Å². The summed E-state index contributed by atoms with van der Waals surface area (Å²) in [6, 6.07) is 4.24. The smallest absolute Gasteiger partial charge is 0.191 e. The number of halogens is 2. The molecule has 3 atom stereocenters. The number of aliphatic imine (C=N–C) groups is 1. The van der Waals surface area contributed by atoms with Crippen molar-refractivity contribution < 1.29 is 13.7 Å². The van der Waals surface area contributed by atoms with E-state index in [2.05, 4.69) is 17.6 Å². The second kappa shape index (κ2) is 13.0. The molecule has 0 spiro atoms. The fraction of sp³-hybridized carbons (Fsp3) is 0.667. The van der Waals surface area contributed by atoms with E-state index in [4.69, 9.17) is 26.1 Å². The SMILES string of the molecule is CCNC(=NCCc1cc(Cl)c2c(c1)OCCO2)NC1CCCC(S(=O)CC)C1.I. The molecule has 0 bridgehead atoms. The molecule has 9 heteroatoms. The number of nitrogens with one attached hydrogen (secondary N) is 2. The quantitative estimate of drug-likeness (QED) is 0.296. The van der Waals surface area contributed by atoms with Crippen LogP contribution in [0.4, 0.5) is 0 Å². The molecule has 2 aliphatic rings. The van der Waals surface area contributed by atoms with Crippen LogP contribution in [0.25, 0.3) is 0 Å². The van der Waals surface area contributed by atoms with Gasteiger partial charge in [0, 0.05) is 40.9 Å². The molecule has 2 N–H and O–H groups in total. The maximum Gasteiger partial charge on any atom is 0.191 e. The van der Waals surface area contributed by atoms with Crippen LogP contribution in [0.2, 0.25) is 5.02 Å². The largest absolute Gasteiger partial charge is 0.486 e. The van der Waals surface area contributed by atoms with Crippen molar-refractivity contribution in [3.05, 3.63) is 22.7 Å². The maximum atomic E-state index is 12.2. The van der Waals surface area contributed by atoms with Gasteiger partial charge in [0.05, 0.1) is 5.02 Å². The van der Waals surface area contributed by atoms with Gasteiger partial charge >= 0.3 is 0 Å². The molecule has 1 saturated carbocycles. The molecule has 1 aliphatic heterocycles. The molecule has 6 nitrogen and oxygen atoms in total. The summed E-state index contributed by atoms with van der Waals surface area (Å²) in [5.74, 6) is 2.91. The molecule has 3 unspecified atom stereocenters. The molecule has 0 aromatic heterocycles. The zero-order valence-corrected chi connectivity index (χ0v) is 21.6. The van der Waals surface area contributed by atoms with Crippen molar-refractivity contribution in [1.29, 1.82) is 0 Å². The van der Waals surface area contributed by atoms with Crippen molar-refractivity contribution in [2.24, 2.45) is 4.99 Å². The molecule has 0 saturated heterocycles. The van der Waals surface area contributed by atoms with Crippen LogP contribution >= 0.6 is 35.6 Å². The molecule has 30 heavy (non-hydrogen) atoms. The van der Waals surface area contributed by atoms with Crippen molar-refractivity contribution in [1.82, 2.24) is 10.6 Å². The first-order valence-corrected chi connectivity index (χ1v) is 12.4. The van der Waals surface area contributed by atoms with Crippen molar-refractivity contribution >= 4 is 52.3 Å². The first kappa shape index (κ1) is 25.5. The summed E-state index contributed by atoms with van der Waals surface area (Å²) in [6.07, 6.45) is 4.99. The van der Waals surface area contributed by atoms with Gasteiger partial charge in [0.25, 0.3) is 0 Å². The highest BCUT2D eigenvalue weighted by Crippen LogP contribution is 2.38. The number of fused-ring (bicyclic) bond motifs is 1. The van der Waals surface area contributed by atoms with E-state index in [-0.39, 0.29) is 24.0 Å². The highest BCUT2D eigenvalue weighted by Gasteiger charge is 2.26. The van der Waals surface area contributed by atoms with Crippen LogP contribution in [0.15, 0.2) is 17.1 Å². The van der Waals surface area contributed by atoms with E-state index in [1.165, 1.54) is 0 Å². The van der Waals surface area contributed by atoms with E-state index in [0.717, 1.165) is 55.9 Å². The summed E-state index contributed by atoms with van der Waals surface area (Å²) in [4.78, 5) is 4.74. The topological polar surface area (TPSA) is 72.0 Å². The van der Waals surface area contributed by atoms with Gasteiger partial charge in [-0.3, -0.25) is 9.20 Å². The minimum absolute atomic E-state index is 0. The number of rotatable bonds is 7. The van der Waals surface area contributed by atoms with E-state index < -0.39 is 10.8 Å². The molecule has 3 rings (SSSR count). The maximum absolute atomic E-state index is 12.2. The van der Waals surface area contributed by atoms with Gasteiger partial charge in [-0.2, -0.15) is 0 Å². The van der Waals surface area contributed by atoms with Crippen LogP contribution in [0, 0.1) is 0 Å². The second-order valence-electron chi connectivity index (χ2n) is 7.41. The van der Waals surface area contributed by atoms with Crippen molar-refractivity contribution in [2.75, 3.05) is 32.1 Å². The summed E-state index contributed by atoms with van der Waals surface area (Å²) in [6.45, 7) is 6.59. The molecule has 0 amide bonds. The first-order valence-electron chi connectivity index (χ1n) is 10.6. The Morgan fingerprint density at radius 2 is 2.07 bits per heavy atom. The minimum atomic E-state index is -0.721. The molecular weight excluding hydrogens is 537 g/mol. The Bertz CT molecular complexity index is 750. The van der Waals surface area contributed by atoms with Gasteiger partial charge in [-0.25, -0.2) is 0 Å². The third-order valence-electron chi connectivity index (χ3n) is 5.29. The number of guanidine groups is 1. The fourth-order valence-electron chi connectivity index (χ4n) is 3.87. The number of nitrogens with zero attached hydrogens (tertiary/aromatic N) is 1. The lowest BCUT2D eigenvalue weighted by Gasteiger charge is -2.30. The van der Waals surface area contributed by atoms with Gasteiger partial charge in [-0.15, -0.1) is 24.0 Å². The molecule has 1 aromatic carbocycles. The summed E-state index contributed by atoms with van der Waals surface area (Å²) in [5.41, 5.74) is 1.08. The molecule has 170 valence electrons. The average Bonchev–Trinajstić information content (AvgIpc) is 2.73. The lowest BCUT2D eigenvalue weighted by Crippen LogP contribution is -2.46. The molecule has 1 heterocycles. The van der Waals surface area contributed by atoms with Crippen LogP contribution in [0.3, 0.4) is 0 Å². The average molecular weight is 570 g/mol. The standard InChI is InChI=1S/C21H32ClN3O3S.HI/c1-3-23-21(25-16-6-5-7-17(14-16)29(26)4-2)24-9-8-15-12-18(22)20-19(13-15)27-10-11-28-20;/h12-13,16-17H,3-11,14H2,1-2H3,(H2,23,24,25);1H. The lowest BCUT2D eigenvalue weighted by molar-refractivity contribution is 0.171. The predicted molar refractivity (Wildman–Crippen MR) is 135 cm³/mol. The van der Waals surface area contributed by atoms with E-state index in [9.17, 15) is 4.21 Å². The third-order valence-corrected chi connectivity index (χ3v) is 7.32. The lowest BCUT2D eigenvalue weighted by atomic mass is 9.95. The van der Waals surface area contributed by atoms with Crippen LogP contribution in [-0.4, -0.2) is 53.5 Å². The monoisotopic (exact) mass is 569 g/mol. The van der Waals surface area contributed by atoms with Gasteiger partial charge in [-0.1, -0.05) is 24.9 Å². The zero-order valence-electron chi connectivity index (χ0n) is 17.7. The summed E-state index contributed by atoms with van der Waals surface area (Å²) in [5, 5.41) is 7.76. The molecule has 1 aromatic rings. The minimum Gasteiger partial charge on any atom is -0.486 e. The Hall–Kier alpha value is -0.740. The van der Waals surface area contributed by atoms with Crippen LogP contribution in [0.5, 0.6) is 11.5 Å². The Kier molecular flexibility index (Phi) is 11.0. The van der Waals surface area contributed by atoms with E-state index in [1.54, 1.807) is 0 Å². The molecule has 0 radical (unpaired) electrons. The van der Waals surface area contributed by atoms with Crippen molar-refractivity contribution in [3.63, 3.8) is 0 Å². The van der Waals surface area contributed by atoms with Crippen LogP contribution in [0.1, 0.15) is 45.1 Å². The van der Waals surface area contributed by atoms with Gasteiger partial charge < -0.3 is 20.1 Å². The number of hydrogen-bond donors (Lipinski definition) is 2. The van der Waals surface area contributed by atoms with Crippen LogP contribution in [-0.2, 0) is 17.2 Å². The van der Waals surface area contributed by atoms with Gasteiger partial charge in [0.15, 0.2) is 17.5 Å².